The van der Waals surface area contributed by atoms with Crippen molar-refractivity contribution in [3.63, 3.8) is 0 Å². The van der Waals surface area contributed by atoms with Gasteiger partial charge in [0.2, 0.25) is 0 Å². The van der Waals surface area contributed by atoms with Gasteiger partial charge < -0.3 is 10.6 Å². The number of hydrogen-bond donors (Lipinski definition) is 1. The summed E-state index contributed by atoms with van der Waals surface area (Å²) in [7, 11) is 0. The number of pyridine rings is 1. The maximum atomic E-state index is 6.08. The maximum Gasteiger partial charge on any atom is 0.158 e. The number of aromatic nitrogens is 1. The number of benzene rings is 2. The highest BCUT2D eigenvalue weighted by Gasteiger charge is 2.15. The summed E-state index contributed by atoms with van der Waals surface area (Å²) in [6.45, 7) is 2.83. The van der Waals surface area contributed by atoms with E-state index >= 15 is 0 Å². The van der Waals surface area contributed by atoms with E-state index in [1.165, 1.54) is 10.8 Å². The highest BCUT2D eigenvalue weighted by atomic mass is 35.5. The molecule has 0 saturated carbocycles. The first-order valence-corrected chi connectivity index (χ1v) is 7.26. The first-order chi connectivity index (χ1) is 10.2. The predicted molar refractivity (Wildman–Crippen MR) is 90.3 cm³/mol. The predicted octanol–water partition coefficient (Wildman–Crippen LogP) is 4.63. The standard InChI is InChI=1S/C17H16ClN3/c1-2-21(17-14(19)10-11-16(18)20-17)15-9-5-7-12-6-3-4-8-13(12)15/h3-11H,2,19H2,1H3. The Labute approximate surface area is 129 Å². The average Bonchev–Trinajstić information content (AvgIpc) is 2.51. The molecule has 3 aromatic rings. The Morgan fingerprint density at radius 2 is 1.81 bits per heavy atom. The van der Waals surface area contributed by atoms with E-state index in [2.05, 4.69) is 41.1 Å². The lowest BCUT2D eigenvalue weighted by Crippen LogP contribution is -2.19. The van der Waals surface area contributed by atoms with Gasteiger partial charge in [0, 0.05) is 11.9 Å². The average molecular weight is 298 g/mol. The molecular formula is C17H16ClN3. The molecule has 106 valence electrons. The van der Waals surface area contributed by atoms with Crippen LogP contribution in [0.15, 0.2) is 54.6 Å². The van der Waals surface area contributed by atoms with Crippen LogP contribution in [0.1, 0.15) is 6.92 Å². The lowest BCUT2D eigenvalue weighted by Gasteiger charge is -2.25. The molecule has 0 spiro atoms. The summed E-state index contributed by atoms with van der Waals surface area (Å²) in [5.41, 5.74) is 7.78. The topological polar surface area (TPSA) is 42.2 Å². The number of nitrogen functional groups attached to an aromatic ring is 1. The van der Waals surface area contributed by atoms with Crippen molar-refractivity contribution in [2.24, 2.45) is 0 Å². The van der Waals surface area contributed by atoms with Gasteiger partial charge in [0.25, 0.3) is 0 Å². The first-order valence-electron chi connectivity index (χ1n) is 6.88. The molecule has 0 aliphatic rings. The van der Waals surface area contributed by atoms with Gasteiger partial charge in [-0.15, -0.1) is 0 Å². The van der Waals surface area contributed by atoms with Gasteiger partial charge in [-0.2, -0.15) is 0 Å². The Morgan fingerprint density at radius 1 is 1.05 bits per heavy atom. The monoisotopic (exact) mass is 297 g/mol. The molecule has 0 radical (unpaired) electrons. The van der Waals surface area contributed by atoms with Crippen LogP contribution in [0.5, 0.6) is 0 Å². The summed E-state index contributed by atoms with van der Waals surface area (Å²) >= 11 is 6.03. The molecule has 0 atom stereocenters. The second kappa shape index (κ2) is 5.62. The SMILES string of the molecule is CCN(c1nc(Cl)ccc1N)c1cccc2ccccc12. The molecule has 1 aromatic heterocycles. The zero-order valence-electron chi connectivity index (χ0n) is 11.8. The molecule has 4 heteroatoms. The Hall–Kier alpha value is -2.26. The number of rotatable bonds is 3. The third-order valence-electron chi connectivity index (χ3n) is 3.50. The normalized spacial score (nSPS) is 10.8. The van der Waals surface area contributed by atoms with Crippen LogP contribution >= 0.6 is 11.6 Å². The fourth-order valence-corrected chi connectivity index (χ4v) is 2.67. The zero-order chi connectivity index (χ0) is 14.8. The van der Waals surface area contributed by atoms with Crippen LogP contribution in [0, 0.1) is 0 Å². The van der Waals surface area contributed by atoms with Crippen LogP contribution in [-0.2, 0) is 0 Å². The summed E-state index contributed by atoms with van der Waals surface area (Å²) < 4.78 is 0. The molecule has 2 aromatic carbocycles. The quantitative estimate of drug-likeness (QED) is 0.717. The minimum absolute atomic E-state index is 0.442. The molecule has 0 amide bonds. The third-order valence-corrected chi connectivity index (χ3v) is 3.71. The number of hydrogen-bond acceptors (Lipinski definition) is 3. The van der Waals surface area contributed by atoms with Crippen molar-refractivity contribution in [2.75, 3.05) is 17.2 Å². The molecule has 1 heterocycles. The summed E-state index contributed by atoms with van der Waals surface area (Å²) in [6, 6.07) is 18.0. The van der Waals surface area contributed by atoms with Crippen LogP contribution < -0.4 is 10.6 Å². The molecule has 0 fully saturated rings. The number of nitrogens with zero attached hydrogens (tertiary/aromatic N) is 2. The Bertz CT molecular complexity index is 781. The van der Waals surface area contributed by atoms with Crippen molar-refractivity contribution >= 4 is 39.6 Å². The van der Waals surface area contributed by atoms with Crippen molar-refractivity contribution in [1.29, 1.82) is 0 Å². The van der Waals surface area contributed by atoms with Gasteiger partial charge in [0.05, 0.1) is 11.4 Å². The van der Waals surface area contributed by atoms with Crippen molar-refractivity contribution in [3.8, 4) is 0 Å². The van der Waals surface area contributed by atoms with E-state index in [0.29, 0.717) is 16.7 Å². The van der Waals surface area contributed by atoms with Gasteiger partial charge in [-0.25, -0.2) is 4.98 Å². The van der Waals surface area contributed by atoms with Crippen molar-refractivity contribution < 1.29 is 0 Å². The molecule has 0 aliphatic carbocycles. The molecule has 0 unspecified atom stereocenters. The van der Waals surface area contributed by atoms with E-state index in [9.17, 15) is 0 Å². The van der Waals surface area contributed by atoms with Gasteiger partial charge in [0.15, 0.2) is 5.82 Å². The van der Waals surface area contributed by atoms with Gasteiger partial charge in [0.1, 0.15) is 5.15 Å². The summed E-state index contributed by atoms with van der Waals surface area (Å²) in [4.78, 5) is 6.48. The minimum Gasteiger partial charge on any atom is -0.396 e. The third kappa shape index (κ3) is 2.52. The Morgan fingerprint density at radius 3 is 2.62 bits per heavy atom. The lowest BCUT2D eigenvalue weighted by molar-refractivity contribution is 0.998. The fraction of sp³-hybridized carbons (Fsp3) is 0.118. The van der Waals surface area contributed by atoms with Gasteiger partial charge in [-0.1, -0.05) is 48.0 Å². The van der Waals surface area contributed by atoms with E-state index in [1.54, 1.807) is 12.1 Å². The van der Waals surface area contributed by atoms with E-state index < -0.39 is 0 Å². The molecule has 3 nitrogen and oxygen atoms in total. The Balaban J connectivity index is 2.21. The van der Waals surface area contributed by atoms with Gasteiger partial charge >= 0.3 is 0 Å². The van der Waals surface area contributed by atoms with E-state index in [0.717, 1.165) is 12.2 Å². The van der Waals surface area contributed by atoms with Crippen LogP contribution in [0.4, 0.5) is 17.2 Å². The van der Waals surface area contributed by atoms with Crippen LogP contribution in [-0.4, -0.2) is 11.5 Å². The summed E-state index contributed by atoms with van der Waals surface area (Å²) in [5.74, 6) is 0.696. The van der Waals surface area contributed by atoms with Crippen LogP contribution in [0.3, 0.4) is 0 Å². The maximum absolute atomic E-state index is 6.08. The highest BCUT2D eigenvalue weighted by Crippen LogP contribution is 2.34. The second-order valence-corrected chi connectivity index (χ2v) is 5.18. The van der Waals surface area contributed by atoms with Crippen molar-refractivity contribution in [3.05, 3.63) is 59.8 Å². The number of fused-ring (bicyclic) bond motifs is 1. The number of anilines is 3. The number of nitrogens with two attached hydrogens (primary N) is 1. The van der Waals surface area contributed by atoms with E-state index in [-0.39, 0.29) is 0 Å². The molecular weight excluding hydrogens is 282 g/mol. The van der Waals surface area contributed by atoms with Gasteiger partial charge in [-0.05, 0) is 30.5 Å². The largest absolute Gasteiger partial charge is 0.396 e. The molecule has 0 saturated heterocycles. The zero-order valence-corrected chi connectivity index (χ0v) is 12.5. The fourth-order valence-electron chi connectivity index (χ4n) is 2.53. The van der Waals surface area contributed by atoms with E-state index in [4.69, 9.17) is 17.3 Å². The van der Waals surface area contributed by atoms with E-state index in [1.807, 2.05) is 18.2 Å². The molecule has 0 aliphatic heterocycles. The lowest BCUT2D eigenvalue weighted by atomic mass is 10.1. The second-order valence-electron chi connectivity index (χ2n) is 4.79. The molecule has 3 rings (SSSR count). The van der Waals surface area contributed by atoms with Gasteiger partial charge in [-0.3, -0.25) is 0 Å². The first kappa shape index (κ1) is 13.7. The van der Waals surface area contributed by atoms with Crippen LogP contribution in [0.25, 0.3) is 10.8 Å². The van der Waals surface area contributed by atoms with Crippen LogP contribution in [0.2, 0.25) is 5.15 Å². The molecule has 21 heavy (non-hydrogen) atoms. The number of halogens is 1. The summed E-state index contributed by atoms with van der Waals surface area (Å²) in [6.07, 6.45) is 0. The smallest absolute Gasteiger partial charge is 0.158 e. The highest BCUT2D eigenvalue weighted by molar-refractivity contribution is 6.29. The van der Waals surface area contributed by atoms with Crippen molar-refractivity contribution in [2.45, 2.75) is 6.92 Å². The van der Waals surface area contributed by atoms with Crippen molar-refractivity contribution in [1.82, 2.24) is 4.98 Å². The molecule has 0 bridgehead atoms. The molecule has 2 N–H and O–H groups in total. The summed E-state index contributed by atoms with van der Waals surface area (Å²) in [5, 5.41) is 2.80. The Kier molecular flexibility index (Phi) is 3.67. The minimum atomic E-state index is 0.442.